The van der Waals surface area contributed by atoms with E-state index in [1.165, 1.54) is 0 Å². The van der Waals surface area contributed by atoms with Crippen molar-refractivity contribution in [3.63, 3.8) is 0 Å². The summed E-state index contributed by atoms with van der Waals surface area (Å²) in [6.45, 7) is 10.6. The van der Waals surface area contributed by atoms with Gasteiger partial charge in [-0.3, -0.25) is 0 Å². The second-order valence-electron chi connectivity index (χ2n) is 10.9. The third-order valence-corrected chi connectivity index (χ3v) is 9.87. The quantitative estimate of drug-likeness (QED) is 0.517. The van der Waals surface area contributed by atoms with Crippen molar-refractivity contribution < 1.29 is 33.6 Å². The summed E-state index contributed by atoms with van der Waals surface area (Å²) in [5.74, 6) is -0.520. The number of aliphatic hydroxyl groups is 1. The monoisotopic (exact) mass is 418 g/mol. The molecular weight excluding hydrogens is 388 g/mol. The standard InChI is InChI=1S/C23H30O7/c1-10(2)21(26)12(4)16-23(29-16)20(5)7-6-13-14(9-27-17(13)24)15(20)8-11(3)22(23)18(21)28-19(25)30-22/h10-12,15-16,18,26H,6-9H2,1-5H3/t11-,12-,15+,16+,18-,20+,21+,22-,23-/m1/s1. The van der Waals surface area contributed by atoms with Crippen LogP contribution in [-0.4, -0.2) is 52.8 Å². The van der Waals surface area contributed by atoms with E-state index in [0.29, 0.717) is 13.0 Å². The van der Waals surface area contributed by atoms with Gasteiger partial charge in [0.2, 0.25) is 0 Å². The Kier molecular flexibility index (Phi) is 3.33. The summed E-state index contributed by atoms with van der Waals surface area (Å²) in [6.07, 6.45) is 0.409. The maximum atomic E-state index is 12.6. The number of rotatable bonds is 1. The fourth-order valence-corrected chi connectivity index (χ4v) is 8.32. The van der Waals surface area contributed by atoms with Crippen LogP contribution in [-0.2, 0) is 23.7 Å². The van der Waals surface area contributed by atoms with Crippen molar-refractivity contribution in [2.45, 2.75) is 82.9 Å². The SMILES string of the molecule is CC(C)[C@]1(O)[C@H](C)[C@@H]2O[C@]23[C@@]2(OC(=O)O[C@H]12)[C@H](C)C[C@H]1C2=C(CC[C@@]13C)C(=O)OC2. The lowest BCUT2D eigenvalue weighted by molar-refractivity contribution is -0.245. The molecule has 1 N–H and O–H groups in total. The minimum Gasteiger partial charge on any atom is -0.458 e. The Labute approximate surface area is 176 Å². The largest absolute Gasteiger partial charge is 0.509 e. The van der Waals surface area contributed by atoms with Crippen molar-refractivity contribution in [2.75, 3.05) is 6.61 Å². The lowest BCUT2D eigenvalue weighted by Crippen LogP contribution is -2.79. The van der Waals surface area contributed by atoms with Gasteiger partial charge in [-0.05, 0) is 36.7 Å². The first kappa shape index (κ1) is 19.1. The molecule has 3 heterocycles. The third kappa shape index (κ3) is 1.66. The molecule has 164 valence electrons. The van der Waals surface area contributed by atoms with Crippen LogP contribution < -0.4 is 0 Å². The third-order valence-electron chi connectivity index (χ3n) is 9.87. The summed E-state index contributed by atoms with van der Waals surface area (Å²) in [4.78, 5) is 24.8. The molecule has 0 unspecified atom stereocenters. The molecular formula is C23H30O7. The van der Waals surface area contributed by atoms with Crippen LogP contribution in [0.2, 0.25) is 0 Å². The summed E-state index contributed by atoms with van der Waals surface area (Å²) in [6, 6.07) is 0. The molecule has 2 spiro atoms. The summed E-state index contributed by atoms with van der Waals surface area (Å²) in [7, 11) is 0. The van der Waals surface area contributed by atoms with Crippen LogP contribution in [0.25, 0.3) is 0 Å². The number of cyclic esters (lactones) is 1. The molecule has 3 aliphatic heterocycles. The Morgan fingerprint density at radius 1 is 1.20 bits per heavy atom. The van der Waals surface area contributed by atoms with E-state index in [1.54, 1.807) is 0 Å². The van der Waals surface area contributed by atoms with Gasteiger partial charge in [0.1, 0.15) is 17.8 Å². The number of carbonyl (C=O) groups is 2. The lowest BCUT2D eigenvalue weighted by atomic mass is 9.41. The molecule has 30 heavy (non-hydrogen) atoms. The van der Waals surface area contributed by atoms with Crippen LogP contribution in [0.3, 0.4) is 0 Å². The molecule has 7 heteroatoms. The zero-order valence-corrected chi connectivity index (χ0v) is 18.2. The lowest BCUT2D eigenvalue weighted by Gasteiger charge is -2.63. The van der Waals surface area contributed by atoms with Crippen LogP contribution >= 0.6 is 0 Å². The molecule has 3 aliphatic carbocycles. The van der Waals surface area contributed by atoms with Gasteiger partial charge < -0.3 is 24.1 Å². The van der Waals surface area contributed by atoms with Crippen molar-refractivity contribution in [1.82, 2.24) is 0 Å². The van der Waals surface area contributed by atoms with Gasteiger partial charge in [0.15, 0.2) is 11.7 Å². The maximum absolute atomic E-state index is 12.6. The van der Waals surface area contributed by atoms with Gasteiger partial charge in [-0.1, -0.05) is 34.6 Å². The first-order valence-corrected chi connectivity index (χ1v) is 11.2. The maximum Gasteiger partial charge on any atom is 0.509 e. The van der Waals surface area contributed by atoms with Gasteiger partial charge in [0.25, 0.3) is 0 Å². The highest BCUT2D eigenvalue weighted by atomic mass is 16.8. The minimum absolute atomic E-state index is 0.0997. The molecule has 2 saturated heterocycles. The van der Waals surface area contributed by atoms with Gasteiger partial charge in [0.05, 0.1) is 6.10 Å². The smallest absolute Gasteiger partial charge is 0.458 e. The van der Waals surface area contributed by atoms with E-state index in [1.807, 2.05) is 20.8 Å². The van der Waals surface area contributed by atoms with Gasteiger partial charge >= 0.3 is 12.1 Å². The molecule has 4 fully saturated rings. The number of ether oxygens (including phenoxy) is 4. The number of epoxide rings is 1. The molecule has 2 saturated carbocycles. The van der Waals surface area contributed by atoms with E-state index in [0.717, 1.165) is 24.0 Å². The molecule has 0 aromatic rings. The summed E-state index contributed by atoms with van der Waals surface area (Å²) < 4.78 is 23.9. The average Bonchev–Trinajstić information content (AvgIpc) is 3.21. The molecule has 6 aliphatic rings. The van der Waals surface area contributed by atoms with E-state index >= 15 is 0 Å². The fourth-order valence-electron chi connectivity index (χ4n) is 8.32. The van der Waals surface area contributed by atoms with Gasteiger partial charge in [-0.25, -0.2) is 9.59 Å². The van der Waals surface area contributed by atoms with E-state index in [4.69, 9.17) is 18.9 Å². The van der Waals surface area contributed by atoms with Gasteiger partial charge in [0, 0.05) is 22.8 Å². The van der Waals surface area contributed by atoms with E-state index in [-0.39, 0.29) is 41.2 Å². The first-order valence-electron chi connectivity index (χ1n) is 11.2. The van der Waals surface area contributed by atoms with Crippen molar-refractivity contribution in [3.05, 3.63) is 11.1 Å². The molecule has 9 atom stereocenters. The number of fused-ring (bicyclic) bond motifs is 2. The summed E-state index contributed by atoms with van der Waals surface area (Å²) in [5, 5.41) is 11.9. The molecule has 7 nitrogen and oxygen atoms in total. The molecule has 0 bridgehead atoms. The molecule has 0 radical (unpaired) electrons. The normalized spacial score (nSPS) is 55.6. The predicted molar refractivity (Wildman–Crippen MR) is 103 cm³/mol. The Balaban J connectivity index is 1.56. The predicted octanol–water partition coefficient (Wildman–Crippen LogP) is 2.74. The van der Waals surface area contributed by atoms with Crippen molar-refractivity contribution >= 4 is 12.1 Å². The highest BCUT2D eigenvalue weighted by molar-refractivity contribution is 5.92. The van der Waals surface area contributed by atoms with E-state index in [9.17, 15) is 14.7 Å². The number of carbonyl (C=O) groups excluding carboxylic acids is 2. The Hall–Kier alpha value is -1.60. The zero-order valence-electron chi connectivity index (χ0n) is 18.2. The highest BCUT2D eigenvalue weighted by Crippen LogP contribution is 2.78. The van der Waals surface area contributed by atoms with Crippen molar-refractivity contribution in [2.24, 2.45) is 29.1 Å². The zero-order chi connectivity index (χ0) is 21.4. The second-order valence-corrected chi connectivity index (χ2v) is 10.9. The molecule has 0 aromatic heterocycles. The molecule has 0 amide bonds. The molecule has 0 aromatic carbocycles. The van der Waals surface area contributed by atoms with Crippen LogP contribution in [0.5, 0.6) is 0 Å². The van der Waals surface area contributed by atoms with E-state index < -0.39 is 29.1 Å². The van der Waals surface area contributed by atoms with E-state index in [2.05, 4.69) is 13.8 Å². The number of hydrogen-bond acceptors (Lipinski definition) is 7. The van der Waals surface area contributed by atoms with Gasteiger partial charge in [-0.2, -0.15) is 0 Å². The first-order chi connectivity index (χ1) is 14.1. The Morgan fingerprint density at radius 3 is 2.63 bits per heavy atom. The van der Waals surface area contributed by atoms with Gasteiger partial charge in [-0.15, -0.1) is 0 Å². The summed E-state index contributed by atoms with van der Waals surface area (Å²) in [5.41, 5.74) is -1.42. The summed E-state index contributed by atoms with van der Waals surface area (Å²) >= 11 is 0. The van der Waals surface area contributed by atoms with Crippen LogP contribution in [0.1, 0.15) is 53.9 Å². The number of esters is 1. The average molecular weight is 418 g/mol. The Morgan fingerprint density at radius 2 is 1.93 bits per heavy atom. The van der Waals surface area contributed by atoms with Crippen LogP contribution in [0.15, 0.2) is 11.1 Å². The topological polar surface area (TPSA) is 94.6 Å². The highest BCUT2D eigenvalue weighted by Gasteiger charge is 2.93. The molecule has 6 rings (SSSR count). The minimum atomic E-state index is -1.24. The fraction of sp³-hybridized carbons (Fsp3) is 0.826. The van der Waals surface area contributed by atoms with Crippen LogP contribution in [0.4, 0.5) is 4.79 Å². The second kappa shape index (κ2) is 5.23. The van der Waals surface area contributed by atoms with Crippen molar-refractivity contribution in [3.8, 4) is 0 Å². The number of hydrogen-bond donors (Lipinski definition) is 1. The Bertz CT molecular complexity index is 909. The van der Waals surface area contributed by atoms with Crippen LogP contribution in [0, 0.1) is 29.1 Å². The van der Waals surface area contributed by atoms with Crippen molar-refractivity contribution in [1.29, 1.82) is 0 Å².